The van der Waals surface area contributed by atoms with Gasteiger partial charge in [0.15, 0.2) is 0 Å². The molecule has 0 aliphatic heterocycles. The molecule has 7 heteroatoms. The molecule has 0 spiro atoms. The molecule has 0 bridgehead atoms. The van der Waals surface area contributed by atoms with Crippen LogP contribution in [0.3, 0.4) is 0 Å². The molecule has 0 heterocycles. The number of amides is 1. The highest BCUT2D eigenvalue weighted by molar-refractivity contribution is 6.30. The summed E-state index contributed by atoms with van der Waals surface area (Å²) in [5.41, 5.74) is 3.94. The van der Waals surface area contributed by atoms with Gasteiger partial charge in [-0.05, 0) is 24.6 Å². The standard InChI is InChI=1S/C11H12ClF3N2O/c1-2-8(10(16)18)17-9-4-3-6(12)5-7(9)11(13,14)15/h3-5,8,17H,2H2,1H3,(H2,16,18). The van der Waals surface area contributed by atoms with E-state index < -0.39 is 23.7 Å². The van der Waals surface area contributed by atoms with Gasteiger partial charge in [0, 0.05) is 10.7 Å². The number of halogens is 4. The molecule has 1 rings (SSSR count). The Hall–Kier alpha value is -1.43. The lowest BCUT2D eigenvalue weighted by Crippen LogP contribution is -2.35. The van der Waals surface area contributed by atoms with Crippen LogP contribution in [0.2, 0.25) is 5.02 Å². The molecule has 0 fully saturated rings. The highest BCUT2D eigenvalue weighted by Crippen LogP contribution is 2.36. The molecule has 0 radical (unpaired) electrons. The van der Waals surface area contributed by atoms with E-state index in [0.717, 1.165) is 6.07 Å². The predicted molar refractivity (Wildman–Crippen MR) is 63.4 cm³/mol. The Morgan fingerprint density at radius 2 is 2.11 bits per heavy atom. The van der Waals surface area contributed by atoms with Crippen LogP contribution in [0.15, 0.2) is 18.2 Å². The van der Waals surface area contributed by atoms with E-state index in [1.165, 1.54) is 12.1 Å². The normalized spacial score (nSPS) is 13.2. The van der Waals surface area contributed by atoms with Crippen molar-refractivity contribution in [2.24, 2.45) is 5.73 Å². The molecular weight excluding hydrogens is 269 g/mol. The highest BCUT2D eigenvalue weighted by Gasteiger charge is 2.34. The molecule has 1 unspecified atom stereocenters. The van der Waals surface area contributed by atoms with Crippen LogP contribution in [0.25, 0.3) is 0 Å². The van der Waals surface area contributed by atoms with Crippen LogP contribution in [-0.4, -0.2) is 11.9 Å². The number of carbonyl (C=O) groups excluding carboxylic acids is 1. The number of nitrogens with two attached hydrogens (primary N) is 1. The van der Waals surface area contributed by atoms with Gasteiger partial charge in [-0.25, -0.2) is 0 Å². The average molecular weight is 281 g/mol. The summed E-state index contributed by atoms with van der Waals surface area (Å²) in [6.45, 7) is 1.64. The lowest BCUT2D eigenvalue weighted by Gasteiger charge is -2.19. The third-order valence-electron chi connectivity index (χ3n) is 2.37. The predicted octanol–water partition coefficient (Wildman–Crippen LogP) is 3.03. The second-order valence-electron chi connectivity index (χ2n) is 3.70. The smallest absolute Gasteiger partial charge is 0.373 e. The number of alkyl halides is 3. The van der Waals surface area contributed by atoms with Crippen LogP contribution >= 0.6 is 11.6 Å². The summed E-state index contributed by atoms with van der Waals surface area (Å²) in [5.74, 6) is -0.708. The van der Waals surface area contributed by atoms with E-state index >= 15 is 0 Å². The van der Waals surface area contributed by atoms with Gasteiger partial charge in [0.1, 0.15) is 6.04 Å². The van der Waals surface area contributed by atoms with E-state index in [-0.39, 0.29) is 17.1 Å². The molecule has 3 N–H and O–H groups in total. The summed E-state index contributed by atoms with van der Waals surface area (Å²) in [6, 6.07) is 2.44. The Morgan fingerprint density at radius 1 is 1.50 bits per heavy atom. The maximum absolute atomic E-state index is 12.8. The Kier molecular flexibility index (Phi) is 4.45. The van der Waals surface area contributed by atoms with E-state index in [9.17, 15) is 18.0 Å². The number of benzene rings is 1. The van der Waals surface area contributed by atoms with Crippen molar-refractivity contribution in [1.29, 1.82) is 0 Å². The zero-order valence-electron chi connectivity index (χ0n) is 9.51. The summed E-state index contributed by atoms with van der Waals surface area (Å²) >= 11 is 5.54. The molecule has 1 amide bonds. The summed E-state index contributed by atoms with van der Waals surface area (Å²) in [7, 11) is 0. The van der Waals surface area contributed by atoms with Gasteiger partial charge >= 0.3 is 6.18 Å². The van der Waals surface area contributed by atoms with Gasteiger partial charge in [-0.2, -0.15) is 13.2 Å². The number of hydrogen-bond acceptors (Lipinski definition) is 2. The minimum Gasteiger partial charge on any atom is -0.373 e. The van der Waals surface area contributed by atoms with Crippen LogP contribution in [-0.2, 0) is 11.0 Å². The summed E-state index contributed by atoms with van der Waals surface area (Å²) in [6.07, 6.45) is -4.27. The van der Waals surface area contributed by atoms with Crippen molar-refractivity contribution in [1.82, 2.24) is 0 Å². The van der Waals surface area contributed by atoms with Gasteiger partial charge in [-0.15, -0.1) is 0 Å². The molecule has 1 aromatic carbocycles. The zero-order valence-corrected chi connectivity index (χ0v) is 10.3. The van der Waals surface area contributed by atoms with Crippen LogP contribution in [0, 0.1) is 0 Å². The fourth-order valence-electron chi connectivity index (χ4n) is 1.44. The number of nitrogens with one attached hydrogen (secondary N) is 1. The largest absolute Gasteiger partial charge is 0.418 e. The summed E-state index contributed by atoms with van der Waals surface area (Å²) in [4.78, 5) is 11.0. The van der Waals surface area contributed by atoms with Crippen LogP contribution in [0.5, 0.6) is 0 Å². The van der Waals surface area contributed by atoms with Crippen molar-refractivity contribution >= 4 is 23.2 Å². The third kappa shape index (κ3) is 3.53. The number of hydrogen-bond donors (Lipinski definition) is 2. The van der Waals surface area contributed by atoms with E-state index in [4.69, 9.17) is 17.3 Å². The SMILES string of the molecule is CCC(Nc1ccc(Cl)cc1C(F)(F)F)C(N)=O. The minimum absolute atomic E-state index is 0.0278. The van der Waals surface area contributed by atoms with Crippen LogP contribution < -0.4 is 11.1 Å². The molecule has 1 atom stereocenters. The van der Waals surface area contributed by atoms with Crippen molar-refractivity contribution in [3.63, 3.8) is 0 Å². The van der Waals surface area contributed by atoms with Crippen molar-refractivity contribution < 1.29 is 18.0 Å². The van der Waals surface area contributed by atoms with Gasteiger partial charge in [0.05, 0.1) is 5.56 Å². The molecule has 100 valence electrons. The van der Waals surface area contributed by atoms with E-state index in [1.807, 2.05) is 0 Å². The van der Waals surface area contributed by atoms with Gasteiger partial charge in [-0.1, -0.05) is 18.5 Å². The molecule has 1 aromatic rings. The lowest BCUT2D eigenvalue weighted by molar-refractivity contribution is -0.137. The zero-order chi connectivity index (χ0) is 13.9. The molecule has 18 heavy (non-hydrogen) atoms. The molecular formula is C11H12ClF3N2O. The van der Waals surface area contributed by atoms with Crippen LogP contribution in [0.1, 0.15) is 18.9 Å². The molecule has 0 saturated carbocycles. The Balaban J connectivity index is 3.12. The first-order valence-electron chi connectivity index (χ1n) is 5.18. The first kappa shape index (κ1) is 14.6. The fourth-order valence-corrected chi connectivity index (χ4v) is 1.61. The Morgan fingerprint density at radius 3 is 2.56 bits per heavy atom. The van der Waals surface area contributed by atoms with Crippen molar-refractivity contribution in [3.8, 4) is 0 Å². The monoisotopic (exact) mass is 280 g/mol. The van der Waals surface area contributed by atoms with Crippen molar-refractivity contribution in [2.45, 2.75) is 25.6 Å². The quantitative estimate of drug-likeness (QED) is 0.891. The molecule has 3 nitrogen and oxygen atoms in total. The highest BCUT2D eigenvalue weighted by atomic mass is 35.5. The average Bonchev–Trinajstić information content (AvgIpc) is 2.25. The summed E-state index contributed by atoms with van der Waals surface area (Å²) in [5, 5.41) is 2.45. The van der Waals surface area contributed by atoms with Gasteiger partial charge < -0.3 is 11.1 Å². The maximum Gasteiger partial charge on any atom is 0.418 e. The Labute approximate surface area is 107 Å². The molecule has 0 aromatic heterocycles. The second-order valence-corrected chi connectivity index (χ2v) is 4.13. The first-order chi connectivity index (χ1) is 8.25. The molecule has 0 aliphatic carbocycles. The topological polar surface area (TPSA) is 55.1 Å². The maximum atomic E-state index is 12.8. The molecule has 0 saturated heterocycles. The number of rotatable bonds is 4. The molecule has 0 aliphatic rings. The van der Waals surface area contributed by atoms with Gasteiger partial charge in [0.25, 0.3) is 0 Å². The lowest BCUT2D eigenvalue weighted by atomic mass is 10.1. The number of anilines is 1. The Bertz CT molecular complexity index is 448. The number of carbonyl (C=O) groups is 1. The van der Waals surface area contributed by atoms with Gasteiger partial charge in [-0.3, -0.25) is 4.79 Å². The third-order valence-corrected chi connectivity index (χ3v) is 2.60. The number of primary amides is 1. The van der Waals surface area contributed by atoms with Crippen molar-refractivity contribution in [2.75, 3.05) is 5.32 Å². The van der Waals surface area contributed by atoms with Crippen molar-refractivity contribution in [3.05, 3.63) is 28.8 Å². The van der Waals surface area contributed by atoms with Crippen LogP contribution in [0.4, 0.5) is 18.9 Å². The van der Waals surface area contributed by atoms with Gasteiger partial charge in [0.2, 0.25) is 5.91 Å². The van der Waals surface area contributed by atoms with E-state index in [2.05, 4.69) is 5.32 Å². The summed E-state index contributed by atoms with van der Waals surface area (Å²) < 4.78 is 38.3. The van der Waals surface area contributed by atoms with E-state index in [0.29, 0.717) is 0 Å². The van der Waals surface area contributed by atoms with E-state index in [1.54, 1.807) is 6.92 Å². The fraction of sp³-hybridized carbons (Fsp3) is 0.364. The second kappa shape index (κ2) is 5.48. The minimum atomic E-state index is -4.55. The first-order valence-corrected chi connectivity index (χ1v) is 5.56.